The summed E-state index contributed by atoms with van der Waals surface area (Å²) in [5.74, 6) is -0.193. The number of nitrogens with one attached hydrogen (secondary N) is 1. The fourth-order valence-corrected chi connectivity index (χ4v) is 4.11. The molecule has 176 valence electrons. The van der Waals surface area contributed by atoms with Crippen LogP contribution < -0.4 is 10.1 Å². The first-order valence-electron chi connectivity index (χ1n) is 11.4. The topological polar surface area (TPSA) is 55.4 Å². The summed E-state index contributed by atoms with van der Waals surface area (Å²) < 4.78 is 34.0. The third-order valence-corrected chi connectivity index (χ3v) is 6.22. The van der Waals surface area contributed by atoms with Gasteiger partial charge in [-0.15, -0.1) is 0 Å². The Morgan fingerprint density at radius 1 is 1.06 bits per heavy atom. The first kappa shape index (κ1) is 23.6. The Hall–Kier alpha value is -3.54. The number of halogens is 2. The molecule has 0 radical (unpaired) electrons. The molecule has 0 aromatic heterocycles. The molecule has 3 aromatic rings. The van der Waals surface area contributed by atoms with Crippen molar-refractivity contribution < 1.29 is 23.1 Å². The molecule has 1 saturated carbocycles. The standard InChI is InChI=1S/C28H27F2NO3/c1-16(10-11-32)23-14-21(7-8-25(23)30)31-28(33)24-13-17(2)22(19-4-5-19)15-27(24)34-26-9-6-20(29)12-18(26)3/h6-9,11-16,19H,4-5,10H2,1-3H3,(H,31,33). The molecule has 34 heavy (non-hydrogen) atoms. The van der Waals surface area contributed by atoms with E-state index in [1.165, 1.54) is 24.3 Å². The van der Waals surface area contributed by atoms with Crippen LogP contribution in [-0.2, 0) is 4.79 Å². The molecule has 0 aliphatic heterocycles. The van der Waals surface area contributed by atoms with Gasteiger partial charge in [0, 0.05) is 12.1 Å². The Balaban J connectivity index is 1.67. The zero-order valence-corrected chi connectivity index (χ0v) is 19.5. The van der Waals surface area contributed by atoms with Crippen molar-refractivity contribution >= 4 is 17.9 Å². The smallest absolute Gasteiger partial charge is 0.259 e. The van der Waals surface area contributed by atoms with Gasteiger partial charge in [0.25, 0.3) is 5.91 Å². The molecule has 1 unspecified atom stereocenters. The summed E-state index contributed by atoms with van der Waals surface area (Å²) in [6.07, 6.45) is 3.13. The SMILES string of the molecule is Cc1cc(F)ccc1Oc1cc(C2CC2)c(C)cc1C(=O)Nc1ccc(F)c(C(C)CC=O)c1. The molecule has 1 N–H and O–H groups in total. The van der Waals surface area contributed by atoms with Gasteiger partial charge in [-0.2, -0.15) is 0 Å². The largest absolute Gasteiger partial charge is 0.456 e. The normalized spacial score (nSPS) is 13.9. The molecule has 1 amide bonds. The number of rotatable bonds is 8. The number of hydrogen-bond acceptors (Lipinski definition) is 3. The number of anilines is 1. The van der Waals surface area contributed by atoms with E-state index in [4.69, 9.17) is 4.74 Å². The van der Waals surface area contributed by atoms with Crippen LogP contribution in [0.3, 0.4) is 0 Å². The fraction of sp³-hybridized carbons (Fsp3) is 0.286. The number of ether oxygens (including phenoxy) is 1. The van der Waals surface area contributed by atoms with Crippen molar-refractivity contribution in [1.82, 2.24) is 0 Å². The maximum absolute atomic E-state index is 14.3. The zero-order chi connectivity index (χ0) is 24.4. The molecule has 6 heteroatoms. The minimum atomic E-state index is -0.423. The predicted molar refractivity (Wildman–Crippen MR) is 128 cm³/mol. The Morgan fingerprint density at radius 3 is 2.50 bits per heavy atom. The maximum Gasteiger partial charge on any atom is 0.259 e. The lowest BCUT2D eigenvalue weighted by Crippen LogP contribution is -2.14. The van der Waals surface area contributed by atoms with Crippen LogP contribution >= 0.6 is 0 Å². The first-order valence-corrected chi connectivity index (χ1v) is 11.4. The Labute approximate surface area is 198 Å². The van der Waals surface area contributed by atoms with Gasteiger partial charge < -0.3 is 14.8 Å². The van der Waals surface area contributed by atoms with Gasteiger partial charge in [-0.25, -0.2) is 8.78 Å². The van der Waals surface area contributed by atoms with Crippen LogP contribution in [0.25, 0.3) is 0 Å². The second-order valence-electron chi connectivity index (χ2n) is 8.98. The van der Waals surface area contributed by atoms with E-state index in [-0.39, 0.29) is 18.2 Å². The Kier molecular flexibility index (Phi) is 6.77. The van der Waals surface area contributed by atoms with Gasteiger partial charge in [0.15, 0.2) is 0 Å². The van der Waals surface area contributed by atoms with E-state index in [1.807, 2.05) is 13.0 Å². The summed E-state index contributed by atoms with van der Waals surface area (Å²) in [7, 11) is 0. The van der Waals surface area contributed by atoms with E-state index >= 15 is 0 Å². The van der Waals surface area contributed by atoms with Gasteiger partial charge in [0.05, 0.1) is 5.56 Å². The van der Waals surface area contributed by atoms with Crippen LogP contribution in [-0.4, -0.2) is 12.2 Å². The second kappa shape index (κ2) is 9.75. The molecule has 1 fully saturated rings. The molecule has 0 spiro atoms. The monoisotopic (exact) mass is 463 g/mol. The predicted octanol–water partition coefficient (Wildman–Crippen LogP) is 7.20. The average molecular weight is 464 g/mol. The van der Waals surface area contributed by atoms with Crippen LogP contribution in [0.4, 0.5) is 14.5 Å². The molecule has 4 nitrogen and oxygen atoms in total. The summed E-state index contributed by atoms with van der Waals surface area (Å²) in [5.41, 5.74) is 3.87. The third-order valence-electron chi connectivity index (χ3n) is 6.22. The van der Waals surface area contributed by atoms with E-state index < -0.39 is 11.7 Å². The minimum absolute atomic E-state index is 0.186. The van der Waals surface area contributed by atoms with Crippen molar-refractivity contribution in [2.75, 3.05) is 5.32 Å². The molecule has 0 heterocycles. The van der Waals surface area contributed by atoms with Crippen molar-refractivity contribution in [3.8, 4) is 11.5 Å². The number of carbonyl (C=O) groups is 2. The van der Waals surface area contributed by atoms with Gasteiger partial charge in [-0.05, 0) is 109 Å². The van der Waals surface area contributed by atoms with Crippen molar-refractivity contribution in [2.24, 2.45) is 0 Å². The average Bonchev–Trinajstić information content (AvgIpc) is 3.63. The van der Waals surface area contributed by atoms with Gasteiger partial charge in [-0.1, -0.05) is 6.92 Å². The van der Waals surface area contributed by atoms with Crippen LogP contribution in [0.15, 0.2) is 48.5 Å². The van der Waals surface area contributed by atoms with E-state index in [2.05, 4.69) is 5.32 Å². The van der Waals surface area contributed by atoms with Crippen LogP contribution in [0.5, 0.6) is 11.5 Å². The highest BCUT2D eigenvalue weighted by molar-refractivity contribution is 6.06. The number of amides is 1. The van der Waals surface area contributed by atoms with Crippen molar-refractivity contribution in [2.45, 2.75) is 51.9 Å². The summed E-state index contributed by atoms with van der Waals surface area (Å²) >= 11 is 0. The molecule has 3 aromatic carbocycles. The van der Waals surface area contributed by atoms with E-state index in [1.54, 1.807) is 32.0 Å². The van der Waals surface area contributed by atoms with Crippen molar-refractivity contribution in [3.63, 3.8) is 0 Å². The minimum Gasteiger partial charge on any atom is -0.456 e. The summed E-state index contributed by atoms with van der Waals surface area (Å²) in [6, 6.07) is 12.3. The van der Waals surface area contributed by atoms with E-state index in [0.717, 1.165) is 30.3 Å². The molecule has 0 bridgehead atoms. The lowest BCUT2D eigenvalue weighted by atomic mass is 9.97. The number of benzene rings is 3. The van der Waals surface area contributed by atoms with Crippen molar-refractivity contribution in [3.05, 3.63) is 88.0 Å². The highest BCUT2D eigenvalue weighted by Gasteiger charge is 2.28. The molecular weight excluding hydrogens is 436 g/mol. The molecule has 1 aliphatic rings. The molecule has 0 saturated heterocycles. The Morgan fingerprint density at radius 2 is 1.82 bits per heavy atom. The summed E-state index contributed by atoms with van der Waals surface area (Å²) in [6.45, 7) is 5.47. The third kappa shape index (κ3) is 5.16. The Bertz CT molecular complexity index is 1250. The quantitative estimate of drug-likeness (QED) is 0.360. The fourth-order valence-electron chi connectivity index (χ4n) is 4.11. The van der Waals surface area contributed by atoms with Gasteiger partial charge in [-0.3, -0.25) is 4.79 Å². The lowest BCUT2D eigenvalue weighted by molar-refractivity contribution is -0.108. The van der Waals surface area contributed by atoms with Crippen molar-refractivity contribution in [1.29, 1.82) is 0 Å². The zero-order valence-electron chi connectivity index (χ0n) is 19.5. The second-order valence-corrected chi connectivity index (χ2v) is 8.98. The highest BCUT2D eigenvalue weighted by Crippen LogP contribution is 2.44. The number of hydrogen-bond donors (Lipinski definition) is 1. The molecular formula is C28H27F2NO3. The molecule has 1 atom stereocenters. The van der Waals surface area contributed by atoms with Crippen LogP contribution in [0.1, 0.15) is 70.6 Å². The number of carbonyl (C=O) groups excluding carboxylic acids is 2. The number of aldehydes is 1. The van der Waals surface area contributed by atoms with Gasteiger partial charge in [0.1, 0.15) is 29.4 Å². The van der Waals surface area contributed by atoms with Gasteiger partial charge in [0.2, 0.25) is 0 Å². The summed E-state index contributed by atoms with van der Waals surface area (Å²) in [4.78, 5) is 24.2. The van der Waals surface area contributed by atoms with Gasteiger partial charge >= 0.3 is 0 Å². The lowest BCUT2D eigenvalue weighted by Gasteiger charge is -2.17. The molecule has 4 rings (SSSR count). The van der Waals surface area contributed by atoms with Crippen LogP contribution in [0.2, 0.25) is 0 Å². The molecule has 1 aliphatic carbocycles. The maximum atomic E-state index is 14.3. The highest BCUT2D eigenvalue weighted by atomic mass is 19.1. The number of aryl methyl sites for hydroxylation is 2. The van der Waals surface area contributed by atoms with E-state index in [9.17, 15) is 18.4 Å². The van der Waals surface area contributed by atoms with Crippen LogP contribution in [0, 0.1) is 25.5 Å². The van der Waals surface area contributed by atoms with E-state index in [0.29, 0.717) is 39.8 Å². The summed E-state index contributed by atoms with van der Waals surface area (Å²) in [5, 5.41) is 2.83. The first-order chi connectivity index (χ1) is 16.3.